The predicted molar refractivity (Wildman–Crippen MR) is 78.1 cm³/mol. The highest BCUT2D eigenvalue weighted by atomic mass is 14.9. The van der Waals surface area contributed by atoms with Crippen LogP contribution in [0.2, 0.25) is 0 Å². The predicted octanol–water partition coefficient (Wildman–Crippen LogP) is 0.0714. The molecule has 8 N–H and O–H groups in total. The SMILES string of the molecule is NCC1=CC=CC(CN)(C2=C3CC(N)(C=C2)C3N)C1. The van der Waals surface area contributed by atoms with Crippen LogP contribution in [0.25, 0.3) is 0 Å². The molecule has 0 aromatic heterocycles. The number of allylic oxidation sites excluding steroid dienone is 3. The van der Waals surface area contributed by atoms with Gasteiger partial charge in [-0.05, 0) is 24.0 Å². The molecule has 3 unspecified atom stereocenters. The second-order valence-electron chi connectivity index (χ2n) is 5.96. The molecule has 0 aromatic rings. The fourth-order valence-corrected chi connectivity index (χ4v) is 3.47. The molecule has 0 heterocycles. The molecule has 0 radical (unpaired) electrons. The van der Waals surface area contributed by atoms with E-state index in [1.807, 2.05) is 6.08 Å². The van der Waals surface area contributed by atoms with Crippen molar-refractivity contribution in [2.24, 2.45) is 28.3 Å². The number of rotatable bonds is 3. The van der Waals surface area contributed by atoms with Gasteiger partial charge in [0.05, 0.1) is 5.54 Å². The average Bonchev–Trinajstić information content (AvgIpc) is 2.46. The fourth-order valence-electron chi connectivity index (χ4n) is 3.47. The van der Waals surface area contributed by atoms with Crippen molar-refractivity contribution in [2.45, 2.75) is 24.4 Å². The van der Waals surface area contributed by atoms with Crippen LogP contribution < -0.4 is 22.9 Å². The first-order chi connectivity index (χ1) is 9.04. The highest BCUT2D eigenvalue weighted by molar-refractivity contribution is 5.55. The molecule has 0 spiro atoms. The Kier molecular flexibility index (Phi) is 2.80. The first-order valence-electron chi connectivity index (χ1n) is 6.79. The highest BCUT2D eigenvalue weighted by Gasteiger charge is 2.50. The molecule has 3 atom stereocenters. The summed E-state index contributed by atoms with van der Waals surface area (Å²) in [6, 6.07) is -0.0587. The van der Waals surface area contributed by atoms with Crippen LogP contribution in [0.15, 0.2) is 47.1 Å². The Labute approximate surface area is 113 Å². The van der Waals surface area contributed by atoms with E-state index in [1.165, 1.54) is 16.7 Å². The second kappa shape index (κ2) is 4.15. The molecule has 4 aliphatic carbocycles. The van der Waals surface area contributed by atoms with Gasteiger partial charge in [-0.2, -0.15) is 0 Å². The molecule has 1 saturated carbocycles. The molecular formula is C15H22N4. The summed E-state index contributed by atoms with van der Waals surface area (Å²) in [6.45, 7) is 1.14. The van der Waals surface area contributed by atoms with E-state index < -0.39 is 0 Å². The van der Waals surface area contributed by atoms with Crippen LogP contribution >= 0.6 is 0 Å². The van der Waals surface area contributed by atoms with Crippen LogP contribution in [0.5, 0.6) is 0 Å². The molecule has 1 fully saturated rings. The third kappa shape index (κ3) is 1.68. The maximum absolute atomic E-state index is 6.20. The Hall–Kier alpha value is -1.20. The van der Waals surface area contributed by atoms with E-state index in [0.717, 1.165) is 12.8 Å². The Morgan fingerprint density at radius 3 is 2.58 bits per heavy atom. The lowest BCUT2D eigenvalue weighted by Crippen LogP contribution is -2.65. The van der Waals surface area contributed by atoms with Crippen LogP contribution in [0.1, 0.15) is 12.8 Å². The Balaban J connectivity index is 2.00. The quantitative estimate of drug-likeness (QED) is 0.575. The normalized spacial score (nSPS) is 40.2. The van der Waals surface area contributed by atoms with Crippen molar-refractivity contribution in [1.29, 1.82) is 0 Å². The summed E-state index contributed by atoms with van der Waals surface area (Å²) in [6.07, 6.45) is 12.2. The summed E-state index contributed by atoms with van der Waals surface area (Å²) < 4.78 is 0. The standard InChI is InChI=1S/C15H22N4/c16-8-10-2-1-4-14(6-10,9-17)12-3-5-15(19)7-11(12)13(15)18/h1-5,13H,6-9,16-19H2. The lowest BCUT2D eigenvalue weighted by Gasteiger charge is -2.52. The lowest BCUT2D eigenvalue weighted by atomic mass is 9.58. The Bertz CT molecular complexity index is 528. The minimum absolute atomic E-state index is 0.0587. The summed E-state index contributed by atoms with van der Waals surface area (Å²) >= 11 is 0. The van der Waals surface area contributed by atoms with Gasteiger partial charge in [0.2, 0.25) is 0 Å². The van der Waals surface area contributed by atoms with Crippen molar-refractivity contribution in [3.8, 4) is 0 Å². The minimum Gasteiger partial charge on any atom is -0.329 e. The smallest absolute Gasteiger partial charge is 0.0573 e. The molecule has 0 aliphatic heterocycles. The van der Waals surface area contributed by atoms with Gasteiger partial charge in [0, 0.05) is 24.5 Å². The van der Waals surface area contributed by atoms with Crippen LogP contribution in [-0.2, 0) is 0 Å². The van der Waals surface area contributed by atoms with Crippen molar-refractivity contribution in [1.82, 2.24) is 0 Å². The molecule has 0 amide bonds. The number of hydrogen-bond acceptors (Lipinski definition) is 4. The first-order valence-corrected chi connectivity index (χ1v) is 6.79. The van der Waals surface area contributed by atoms with Crippen LogP contribution in [0, 0.1) is 5.41 Å². The lowest BCUT2D eigenvalue weighted by molar-refractivity contribution is 0.326. The van der Waals surface area contributed by atoms with Gasteiger partial charge in [0.1, 0.15) is 0 Å². The van der Waals surface area contributed by atoms with Crippen LogP contribution in [-0.4, -0.2) is 24.7 Å². The zero-order valence-electron chi connectivity index (χ0n) is 11.1. The molecule has 4 aliphatic rings. The summed E-state index contributed by atoms with van der Waals surface area (Å²) in [5, 5.41) is 0. The van der Waals surface area contributed by atoms with Crippen LogP contribution in [0.3, 0.4) is 0 Å². The highest BCUT2D eigenvalue weighted by Crippen LogP contribution is 2.50. The van der Waals surface area contributed by atoms with E-state index in [-0.39, 0.29) is 17.0 Å². The number of hydrogen-bond donors (Lipinski definition) is 4. The molecule has 102 valence electrons. The van der Waals surface area contributed by atoms with Gasteiger partial charge in [-0.3, -0.25) is 0 Å². The number of fused-ring (bicyclic) bond motifs is 1. The Morgan fingerprint density at radius 2 is 2.00 bits per heavy atom. The van der Waals surface area contributed by atoms with E-state index in [1.54, 1.807) is 0 Å². The zero-order valence-corrected chi connectivity index (χ0v) is 11.1. The summed E-state index contributed by atoms with van der Waals surface area (Å²) in [5.41, 5.74) is 27.5. The van der Waals surface area contributed by atoms with Crippen molar-refractivity contribution >= 4 is 0 Å². The van der Waals surface area contributed by atoms with E-state index in [4.69, 9.17) is 22.9 Å². The van der Waals surface area contributed by atoms with Crippen molar-refractivity contribution < 1.29 is 0 Å². The van der Waals surface area contributed by atoms with Crippen molar-refractivity contribution in [3.63, 3.8) is 0 Å². The molecule has 0 saturated heterocycles. The molecule has 4 heteroatoms. The molecule has 0 aromatic carbocycles. The summed E-state index contributed by atoms with van der Waals surface area (Å²) in [4.78, 5) is 0. The van der Waals surface area contributed by atoms with E-state index in [2.05, 4.69) is 24.3 Å². The molecule has 19 heavy (non-hydrogen) atoms. The summed E-state index contributed by atoms with van der Waals surface area (Å²) in [7, 11) is 0. The van der Waals surface area contributed by atoms with Crippen molar-refractivity contribution in [3.05, 3.63) is 47.1 Å². The second-order valence-corrected chi connectivity index (χ2v) is 5.96. The summed E-state index contributed by atoms with van der Waals surface area (Å²) in [5.74, 6) is 0. The fraction of sp³-hybridized carbons (Fsp3) is 0.467. The van der Waals surface area contributed by atoms with E-state index in [9.17, 15) is 0 Å². The molecule has 4 nitrogen and oxygen atoms in total. The average molecular weight is 258 g/mol. The molecule has 4 rings (SSSR count). The third-order valence-electron chi connectivity index (χ3n) is 4.81. The van der Waals surface area contributed by atoms with Gasteiger partial charge in [-0.15, -0.1) is 0 Å². The van der Waals surface area contributed by atoms with Crippen LogP contribution in [0.4, 0.5) is 0 Å². The van der Waals surface area contributed by atoms with Gasteiger partial charge in [0.25, 0.3) is 0 Å². The maximum Gasteiger partial charge on any atom is 0.0573 e. The van der Waals surface area contributed by atoms with Gasteiger partial charge in [-0.25, -0.2) is 0 Å². The van der Waals surface area contributed by atoms with E-state index >= 15 is 0 Å². The van der Waals surface area contributed by atoms with Gasteiger partial charge in [0.15, 0.2) is 0 Å². The van der Waals surface area contributed by atoms with Gasteiger partial charge >= 0.3 is 0 Å². The molecular weight excluding hydrogens is 236 g/mol. The topological polar surface area (TPSA) is 104 Å². The Morgan fingerprint density at radius 1 is 1.21 bits per heavy atom. The van der Waals surface area contributed by atoms with Gasteiger partial charge in [-0.1, -0.05) is 36.0 Å². The number of nitrogens with two attached hydrogens (primary N) is 4. The van der Waals surface area contributed by atoms with Crippen molar-refractivity contribution in [2.75, 3.05) is 13.1 Å². The largest absolute Gasteiger partial charge is 0.329 e. The zero-order chi connectivity index (χ0) is 13.7. The third-order valence-corrected chi connectivity index (χ3v) is 4.81. The maximum atomic E-state index is 6.20. The minimum atomic E-state index is -0.334. The monoisotopic (exact) mass is 258 g/mol. The van der Waals surface area contributed by atoms with Gasteiger partial charge < -0.3 is 22.9 Å². The first kappa shape index (κ1) is 12.8. The van der Waals surface area contributed by atoms with E-state index in [0.29, 0.717) is 13.1 Å². The molecule has 2 bridgehead atoms.